The summed E-state index contributed by atoms with van der Waals surface area (Å²) in [6.07, 6.45) is 1.56. The average Bonchev–Trinajstić information content (AvgIpc) is 2.52. The molecule has 0 spiro atoms. The summed E-state index contributed by atoms with van der Waals surface area (Å²) in [4.78, 5) is 31.4. The quantitative estimate of drug-likeness (QED) is 0.800. The molecule has 0 bridgehead atoms. The van der Waals surface area contributed by atoms with Gasteiger partial charge in [-0.05, 0) is 24.3 Å². The van der Waals surface area contributed by atoms with E-state index in [-0.39, 0.29) is 24.0 Å². The van der Waals surface area contributed by atoms with E-state index in [1.54, 1.807) is 36.5 Å². The number of carbonyl (C=O) groups is 2. The van der Waals surface area contributed by atoms with Crippen molar-refractivity contribution in [3.05, 3.63) is 52.9 Å². The molecule has 8 heteroatoms. The zero-order valence-electron chi connectivity index (χ0n) is 11.8. The Hall–Kier alpha value is -2.67. The summed E-state index contributed by atoms with van der Waals surface area (Å²) in [6, 6.07) is 7.63. The molecule has 0 fully saturated rings. The van der Waals surface area contributed by atoms with Gasteiger partial charge in [0.2, 0.25) is 0 Å². The molecule has 0 aliphatic heterocycles. The molecule has 3 amide bonds. The number of carbonyl (C=O) groups excluding carboxylic acids is 2. The van der Waals surface area contributed by atoms with Crippen molar-refractivity contribution >= 4 is 29.4 Å². The Bertz CT molecular complexity index is 692. The van der Waals surface area contributed by atoms with Crippen molar-refractivity contribution in [2.75, 3.05) is 12.4 Å². The second-order valence-electron chi connectivity index (χ2n) is 4.26. The lowest BCUT2D eigenvalue weighted by Gasteiger charge is -2.08. The highest BCUT2D eigenvalue weighted by atomic mass is 35.5. The van der Waals surface area contributed by atoms with Crippen LogP contribution in [0.25, 0.3) is 0 Å². The van der Waals surface area contributed by atoms with Crippen LogP contribution in [0.15, 0.2) is 36.5 Å². The number of urea groups is 1. The molecule has 114 valence electrons. The Morgan fingerprint density at radius 3 is 2.82 bits per heavy atom. The molecule has 2 rings (SSSR count). The van der Waals surface area contributed by atoms with Crippen LogP contribution in [0, 0.1) is 0 Å². The van der Waals surface area contributed by atoms with E-state index in [9.17, 15) is 9.59 Å². The van der Waals surface area contributed by atoms with Crippen molar-refractivity contribution in [1.29, 1.82) is 0 Å². The van der Waals surface area contributed by atoms with Gasteiger partial charge in [-0.25, -0.2) is 9.78 Å². The molecule has 22 heavy (non-hydrogen) atoms. The van der Waals surface area contributed by atoms with Crippen molar-refractivity contribution in [1.82, 2.24) is 20.6 Å². The first kappa shape index (κ1) is 15.7. The molecular formula is C14H14ClN5O2. The molecule has 0 unspecified atom stereocenters. The summed E-state index contributed by atoms with van der Waals surface area (Å²) < 4.78 is 0. The van der Waals surface area contributed by atoms with Gasteiger partial charge in [0, 0.05) is 18.3 Å². The Balaban J connectivity index is 1.93. The Morgan fingerprint density at radius 1 is 1.27 bits per heavy atom. The van der Waals surface area contributed by atoms with Gasteiger partial charge in [-0.2, -0.15) is 0 Å². The lowest BCUT2D eigenvalue weighted by atomic mass is 10.3. The Kier molecular flexibility index (Phi) is 5.26. The minimum absolute atomic E-state index is 0.219. The first-order chi connectivity index (χ1) is 10.6. The van der Waals surface area contributed by atoms with Crippen LogP contribution in [-0.4, -0.2) is 29.0 Å². The lowest BCUT2D eigenvalue weighted by Crippen LogP contribution is -2.29. The molecular weight excluding hydrogens is 306 g/mol. The third kappa shape index (κ3) is 4.42. The van der Waals surface area contributed by atoms with E-state index < -0.39 is 6.03 Å². The summed E-state index contributed by atoms with van der Waals surface area (Å²) in [6.45, 7) is 0.224. The summed E-state index contributed by atoms with van der Waals surface area (Å²) in [5.74, 6) is -0.0511. The monoisotopic (exact) mass is 319 g/mol. The zero-order valence-corrected chi connectivity index (χ0v) is 12.5. The third-order valence-electron chi connectivity index (χ3n) is 2.66. The van der Waals surface area contributed by atoms with E-state index in [1.165, 1.54) is 7.05 Å². The maximum absolute atomic E-state index is 11.8. The molecule has 0 saturated heterocycles. The molecule has 0 aliphatic carbocycles. The Labute approximate surface area is 132 Å². The van der Waals surface area contributed by atoms with E-state index in [2.05, 4.69) is 25.9 Å². The normalized spacial score (nSPS) is 9.91. The van der Waals surface area contributed by atoms with Crippen molar-refractivity contribution in [2.24, 2.45) is 0 Å². The molecule has 2 heterocycles. The number of anilines is 1. The topological polar surface area (TPSA) is 96.0 Å². The van der Waals surface area contributed by atoms with Crippen LogP contribution >= 0.6 is 11.6 Å². The number of hydrogen-bond acceptors (Lipinski definition) is 4. The van der Waals surface area contributed by atoms with Gasteiger partial charge in [-0.3, -0.25) is 15.1 Å². The number of aromatic nitrogens is 2. The zero-order chi connectivity index (χ0) is 15.9. The maximum Gasteiger partial charge on any atom is 0.320 e. The fraction of sp³-hybridized carbons (Fsp3) is 0.143. The molecule has 2 aromatic heterocycles. The van der Waals surface area contributed by atoms with Crippen LogP contribution in [0.4, 0.5) is 10.6 Å². The summed E-state index contributed by atoms with van der Waals surface area (Å²) in [7, 11) is 1.51. The van der Waals surface area contributed by atoms with Gasteiger partial charge in [-0.1, -0.05) is 17.7 Å². The van der Waals surface area contributed by atoms with Crippen LogP contribution in [0.3, 0.4) is 0 Å². The molecule has 0 atom stereocenters. The second-order valence-corrected chi connectivity index (χ2v) is 4.70. The van der Waals surface area contributed by atoms with Gasteiger partial charge < -0.3 is 10.6 Å². The van der Waals surface area contributed by atoms with Crippen LogP contribution in [0.5, 0.6) is 0 Å². The maximum atomic E-state index is 11.8. The highest BCUT2D eigenvalue weighted by Crippen LogP contribution is 2.08. The van der Waals surface area contributed by atoms with Crippen LogP contribution in [-0.2, 0) is 6.54 Å². The minimum atomic E-state index is -0.455. The van der Waals surface area contributed by atoms with Crippen LogP contribution in [0.2, 0.25) is 5.02 Å². The SMILES string of the molecule is CNC(=O)c1cccc(NC(=O)NCc2cc(Cl)ccn2)n1. The van der Waals surface area contributed by atoms with Crippen LogP contribution in [0.1, 0.15) is 16.2 Å². The number of amides is 3. The fourth-order valence-corrected chi connectivity index (χ4v) is 1.82. The number of pyridine rings is 2. The number of nitrogens with one attached hydrogen (secondary N) is 3. The highest BCUT2D eigenvalue weighted by molar-refractivity contribution is 6.30. The van der Waals surface area contributed by atoms with Gasteiger partial charge in [-0.15, -0.1) is 0 Å². The highest BCUT2D eigenvalue weighted by Gasteiger charge is 2.08. The summed E-state index contributed by atoms with van der Waals surface area (Å²) >= 11 is 5.83. The van der Waals surface area contributed by atoms with E-state index >= 15 is 0 Å². The lowest BCUT2D eigenvalue weighted by molar-refractivity contribution is 0.0958. The molecule has 0 aromatic carbocycles. The van der Waals surface area contributed by atoms with E-state index in [0.717, 1.165) is 0 Å². The van der Waals surface area contributed by atoms with Gasteiger partial charge in [0.25, 0.3) is 5.91 Å². The predicted octanol–water partition coefficient (Wildman–Crippen LogP) is 1.81. The van der Waals surface area contributed by atoms with Gasteiger partial charge in [0.05, 0.1) is 12.2 Å². The number of hydrogen-bond donors (Lipinski definition) is 3. The molecule has 3 N–H and O–H groups in total. The predicted molar refractivity (Wildman–Crippen MR) is 82.7 cm³/mol. The summed E-state index contributed by atoms with van der Waals surface area (Å²) in [5.41, 5.74) is 0.853. The van der Waals surface area contributed by atoms with Crippen molar-refractivity contribution < 1.29 is 9.59 Å². The summed E-state index contributed by atoms with van der Waals surface area (Å²) in [5, 5.41) is 8.18. The van der Waals surface area contributed by atoms with E-state index in [4.69, 9.17) is 11.6 Å². The molecule has 7 nitrogen and oxygen atoms in total. The molecule has 0 saturated carbocycles. The Morgan fingerprint density at radius 2 is 2.09 bits per heavy atom. The van der Waals surface area contributed by atoms with E-state index in [1.807, 2.05) is 0 Å². The van der Waals surface area contributed by atoms with Crippen molar-refractivity contribution in [3.8, 4) is 0 Å². The van der Waals surface area contributed by atoms with Gasteiger partial charge >= 0.3 is 6.03 Å². The third-order valence-corrected chi connectivity index (χ3v) is 2.89. The standard InChI is InChI=1S/C14H14ClN5O2/c1-16-13(21)11-3-2-4-12(19-11)20-14(22)18-8-10-7-9(15)5-6-17-10/h2-7H,8H2,1H3,(H,16,21)(H2,18,19,20,22). The first-order valence-electron chi connectivity index (χ1n) is 6.43. The van der Waals surface area contributed by atoms with Gasteiger partial charge in [0.1, 0.15) is 11.5 Å². The van der Waals surface area contributed by atoms with Crippen molar-refractivity contribution in [2.45, 2.75) is 6.54 Å². The van der Waals surface area contributed by atoms with Crippen LogP contribution < -0.4 is 16.0 Å². The number of halogens is 1. The molecule has 0 aliphatic rings. The largest absolute Gasteiger partial charge is 0.354 e. The smallest absolute Gasteiger partial charge is 0.320 e. The molecule has 2 aromatic rings. The van der Waals surface area contributed by atoms with Gasteiger partial charge in [0.15, 0.2) is 0 Å². The second kappa shape index (κ2) is 7.37. The number of nitrogens with zero attached hydrogens (tertiary/aromatic N) is 2. The number of rotatable bonds is 4. The minimum Gasteiger partial charge on any atom is -0.354 e. The van der Waals surface area contributed by atoms with E-state index in [0.29, 0.717) is 10.7 Å². The fourth-order valence-electron chi connectivity index (χ4n) is 1.64. The average molecular weight is 320 g/mol. The first-order valence-corrected chi connectivity index (χ1v) is 6.80. The van der Waals surface area contributed by atoms with Crippen molar-refractivity contribution in [3.63, 3.8) is 0 Å². The molecule has 0 radical (unpaired) electrons.